The molecule has 0 aliphatic carbocycles. The summed E-state index contributed by atoms with van der Waals surface area (Å²) >= 11 is 0. The Hall–Kier alpha value is -2.04. The minimum Gasteiger partial charge on any atom is -0.372 e. The van der Waals surface area contributed by atoms with Crippen LogP contribution in [0.5, 0.6) is 0 Å². The highest BCUT2D eigenvalue weighted by Gasteiger charge is 2.15. The van der Waals surface area contributed by atoms with Gasteiger partial charge in [0.25, 0.3) is 0 Å². The molecule has 24 heavy (non-hydrogen) atoms. The van der Waals surface area contributed by atoms with E-state index in [1.54, 1.807) is 0 Å². The Morgan fingerprint density at radius 1 is 0.958 bits per heavy atom. The largest absolute Gasteiger partial charge is 0.372 e. The summed E-state index contributed by atoms with van der Waals surface area (Å²) < 4.78 is 0. The summed E-state index contributed by atoms with van der Waals surface area (Å²) in [5, 5.41) is 2.88. The molecule has 1 aromatic rings. The molecule has 5 nitrogen and oxygen atoms in total. The van der Waals surface area contributed by atoms with E-state index in [1.807, 2.05) is 24.3 Å². The number of hydrogen-bond acceptors (Lipinski definition) is 3. The highest BCUT2D eigenvalue weighted by molar-refractivity contribution is 5.97. The van der Waals surface area contributed by atoms with Gasteiger partial charge in [-0.3, -0.25) is 9.59 Å². The molecule has 0 heterocycles. The molecule has 0 unspecified atom stereocenters. The van der Waals surface area contributed by atoms with Gasteiger partial charge in [0.15, 0.2) is 0 Å². The van der Waals surface area contributed by atoms with Crippen LogP contribution >= 0.6 is 0 Å². The lowest BCUT2D eigenvalue weighted by Crippen LogP contribution is -2.40. The van der Waals surface area contributed by atoms with Crippen molar-refractivity contribution in [3.05, 3.63) is 24.3 Å². The maximum atomic E-state index is 12.0. The zero-order valence-corrected chi connectivity index (χ0v) is 15.5. The van der Waals surface area contributed by atoms with E-state index in [-0.39, 0.29) is 18.4 Å². The van der Waals surface area contributed by atoms with Crippen LogP contribution in [0.1, 0.15) is 47.0 Å². The zero-order valence-electron chi connectivity index (χ0n) is 15.5. The number of carbonyl (C=O) groups excluding carboxylic acids is 2. The number of nitrogens with one attached hydrogen (secondary N) is 1. The van der Waals surface area contributed by atoms with E-state index >= 15 is 0 Å². The van der Waals surface area contributed by atoms with Crippen molar-refractivity contribution in [2.24, 2.45) is 0 Å². The number of hydrogen-bond donors (Lipinski definition) is 1. The molecule has 2 amide bonds. The third-order valence-corrected chi connectivity index (χ3v) is 4.07. The summed E-state index contributed by atoms with van der Waals surface area (Å²) in [6, 6.07) is 7.80. The Kier molecular flexibility index (Phi) is 8.90. The van der Waals surface area contributed by atoms with Crippen molar-refractivity contribution >= 4 is 23.2 Å². The van der Waals surface area contributed by atoms with Crippen LogP contribution in [0.2, 0.25) is 0 Å². The van der Waals surface area contributed by atoms with Gasteiger partial charge in [-0.05, 0) is 44.5 Å². The van der Waals surface area contributed by atoms with E-state index < -0.39 is 0 Å². The molecule has 0 saturated carbocycles. The number of rotatable bonds is 10. The maximum absolute atomic E-state index is 12.0. The molecule has 0 bridgehead atoms. The van der Waals surface area contributed by atoms with Crippen LogP contribution in [0.3, 0.4) is 0 Å². The third-order valence-electron chi connectivity index (χ3n) is 4.07. The summed E-state index contributed by atoms with van der Waals surface area (Å²) in [7, 11) is 0. The number of unbranched alkanes of at least 4 members (excludes halogenated alkanes) is 2. The van der Waals surface area contributed by atoms with E-state index in [9.17, 15) is 9.59 Å². The molecule has 0 radical (unpaired) electrons. The van der Waals surface area contributed by atoms with Gasteiger partial charge in [-0.25, -0.2) is 0 Å². The second kappa shape index (κ2) is 10.7. The maximum Gasteiger partial charge on any atom is 0.240 e. The van der Waals surface area contributed by atoms with Crippen molar-refractivity contribution in [3.8, 4) is 0 Å². The molecule has 1 rings (SSSR count). The van der Waals surface area contributed by atoms with Crippen LogP contribution in [-0.4, -0.2) is 38.0 Å². The molecule has 0 aliphatic heterocycles. The van der Waals surface area contributed by atoms with Crippen molar-refractivity contribution in [1.82, 2.24) is 5.32 Å². The lowest BCUT2D eigenvalue weighted by molar-refractivity contribution is -0.123. The highest BCUT2D eigenvalue weighted by atomic mass is 16.2. The molecule has 0 saturated heterocycles. The number of anilines is 2. The van der Waals surface area contributed by atoms with Gasteiger partial charge in [-0.15, -0.1) is 0 Å². The van der Waals surface area contributed by atoms with Gasteiger partial charge in [0.1, 0.15) is 6.54 Å². The lowest BCUT2D eigenvalue weighted by atomic mass is 10.2. The van der Waals surface area contributed by atoms with Gasteiger partial charge in [0.2, 0.25) is 11.8 Å². The lowest BCUT2D eigenvalue weighted by Gasteiger charge is -2.24. The van der Waals surface area contributed by atoms with E-state index in [0.717, 1.165) is 43.7 Å². The second-order valence-electron chi connectivity index (χ2n) is 5.85. The first kappa shape index (κ1) is 20.0. The number of carbonyl (C=O) groups is 2. The van der Waals surface area contributed by atoms with Crippen LogP contribution in [0, 0.1) is 0 Å². The molecular weight excluding hydrogens is 302 g/mol. The van der Waals surface area contributed by atoms with Gasteiger partial charge >= 0.3 is 0 Å². The zero-order chi connectivity index (χ0) is 17.9. The topological polar surface area (TPSA) is 52.7 Å². The average Bonchev–Trinajstić information content (AvgIpc) is 2.58. The molecule has 0 fully saturated rings. The van der Waals surface area contributed by atoms with E-state index in [2.05, 4.69) is 31.0 Å². The van der Waals surface area contributed by atoms with Crippen molar-refractivity contribution in [3.63, 3.8) is 0 Å². The minimum atomic E-state index is -0.130. The third kappa shape index (κ3) is 6.22. The Morgan fingerprint density at radius 3 is 2.04 bits per heavy atom. The summed E-state index contributed by atoms with van der Waals surface area (Å²) in [6.07, 6.45) is 3.19. The fraction of sp³-hybridized carbons (Fsp3) is 0.579. The quantitative estimate of drug-likeness (QED) is 0.669. The predicted molar refractivity (Wildman–Crippen MR) is 101 cm³/mol. The van der Waals surface area contributed by atoms with Crippen LogP contribution in [0.25, 0.3) is 0 Å². The Morgan fingerprint density at radius 2 is 1.54 bits per heavy atom. The molecule has 134 valence electrons. The fourth-order valence-electron chi connectivity index (χ4n) is 2.62. The van der Waals surface area contributed by atoms with Gasteiger partial charge in [-0.2, -0.15) is 0 Å². The molecule has 1 aromatic carbocycles. The van der Waals surface area contributed by atoms with Crippen molar-refractivity contribution in [1.29, 1.82) is 0 Å². The van der Waals surface area contributed by atoms with Crippen LogP contribution < -0.4 is 15.1 Å². The molecule has 0 aromatic heterocycles. The van der Waals surface area contributed by atoms with Crippen LogP contribution in [0.4, 0.5) is 11.4 Å². The molecule has 5 heteroatoms. The minimum absolute atomic E-state index is 0.0616. The average molecular weight is 333 g/mol. The Balaban J connectivity index is 2.71. The van der Waals surface area contributed by atoms with Gasteiger partial charge in [-0.1, -0.05) is 19.8 Å². The normalized spacial score (nSPS) is 10.3. The monoisotopic (exact) mass is 333 g/mol. The first-order valence-corrected chi connectivity index (χ1v) is 8.93. The van der Waals surface area contributed by atoms with Crippen LogP contribution in [-0.2, 0) is 9.59 Å². The first-order valence-electron chi connectivity index (χ1n) is 8.93. The molecule has 1 N–H and O–H groups in total. The SMILES string of the molecule is CCCCCNC(=O)CN(C(C)=O)c1ccc(N(CC)CC)cc1. The van der Waals surface area contributed by atoms with Crippen molar-refractivity contribution < 1.29 is 9.59 Å². The van der Waals surface area contributed by atoms with E-state index in [0.29, 0.717) is 6.54 Å². The van der Waals surface area contributed by atoms with E-state index in [4.69, 9.17) is 0 Å². The second-order valence-corrected chi connectivity index (χ2v) is 5.85. The number of benzene rings is 1. The Labute approximate surface area is 146 Å². The van der Waals surface area contributed by atoms with Crippen molar-refractivity contribution in [2.45, 2.75) is 47.0 Å². The summed E-state index contributed by atoms with van der Waals surface area (Å²) in [6.45, 7) is 10.4. The van der Waals surface area contributed by atoms with Gasteiger partial charge in [0.05, 0.1) is 0 Å². The van der Waals surface area contributed by atoms with Gasteiger partial charge < -0.3 is 15.1 Å². The standard InChI is InChI=1S/C19H31N3O2/c1-5-8-9-14-20-19(24)15-22(16(4)23)18-12-10-17(11-13-18)21(6-2)7-3/h10-13H,5-9,14-15H2,1-4H3,(H,20,24). The fourth-order valence-corrected chi connectivity index (χ4v) is 2.62. The summed E-state index contributed by atoms with van der Waals surface area (Å²) in [4.78, 5) is 27.7. The summed E-state index contributed by atoms with van der Waals surface area (Å²) in [5.74, 6) is -0.247. The molecule has 0 aliphatic rings. The first-order chi connectivity index (χ1) is 11.5. The molecule has 0 atom stereocenters. The predicted octanol–water partition coefficient (Wildman–Crippen LogP) is 3.19. The van der Waals surface area contributed by atoms with Crippen molar-refractivity contribution in [2.75, 3.05) is 36.0 Å². The smallest absolute Gasteiger partial charge is 0.240 e. The van der Waals surface area contributed by atoms with Gasteiger partial charge in [0, 0.05) is 37.9 Å². The van der Waals surface area contributed by atoms with Crippen LogP contribution in [0.15, 0.2) is 24.3 Å². The molecular formula is C19H31N3O2. The number of amides is 2. The molecule has 0 spiro atoms. The highest BCUT2D eigenvalue weighted by Crippen LogP contribution is 2.21. The Bertz CT molecular complexity index is 510. The van der Waals surface area contributed by atoms with E-state index in [1.165, 1.54) is 11.8 Å². The number of nitrogens with zero attached hydrogens (tertiary/aromatic N) is 2. The summed E-state index contributed by atoms with van der Waals surface area (Å²) in [5.41, 5.74) is 1.87.